The lowest BCUT2D eigenvalue weighted by Gasteiger charge is -2.21. The van der Waals surface area contributed by atoms with Gasteiger partial charge in [0.05, 0.1) is 4.90 Å². The predicted octanol–water partition coefficient (Wildman–Crippen LogP) is 2.83. The van der Waals surface area contributed by atoms with Gasteiger partial charge in [-0.15, -0.1) is 0 Å². The maximum Gasteiger partial charge on any atom is 0.241 e. The molecule has 0 aliphatic rings. The van der Waals surface area contributed by atoms with Gasteiger partial charge in [0.2, 0.25) is 10.0 Å². The standard InChI is InChI=1S/C15H18N2O2S/c1-15(2,3)17-20(18,19)14-7-5-4-6-13(14)12-8-10-16-11-9-12/h4-11,17H,1-3H3. The van der Waals surface area contributed by atoms with Crippen LogP contribution in [0.4, 0.5) is 0 Å². The highest BCUT2D eigenvalue weighted by molar-refractivity contribution is 7.89. The Bertz CT molecular complexity index is 689. The van der Waals surface area contributed by atoms with Crippen molar-refractivity contribution in [2.24, 2.45) is 0 Å². The number of aromatic nitrogens is 1. The molecule has 0 saturated heterocycles. The molecule has 0 aliphatic carbocycles. The third kappa shape index (κ3) is 3.43. The number of nitrogens with one attached hydrogen (secondary N) is 1. The molecule has 1 heterocycles. The lowest BCUT2D eigenvalue weighted by molar-refractivity contribution is 0.491. The zero-order chi connectivity index (χ0) is 14.8. The van der Waals surface area contributed by atoms with Crippen LogP contribution in [-0.4, -0.2) is 18.9 Å². The van der Waals surface area contributed by atoms with E-state index in [4.69, 9.17) is 0 Å². The van der Waals surface area contributed by atoms with Crippen molar-refractivity contribution < 1.29 is 8.42 Å². The quantitative estimate of drug-likeness (QED) is 0.945. The topological polar surface area (TPSA) is 59.1 Å². The average Bonchev–Trinajstić information content (AvgIpc) is 2.37. The van der Waals surface area contributed by atoms with Crippen molar-refractivity contribution in [3.63, 3.8) is 0 Å². The minimum absolute atomic E-state index is 0.279. The number of benzene rings is 1. The van der Waals surface area contributed by atoms with E-state index in [-0.39, 0.29) is 4.90 Å². The molecule has 5 heteroatoms. The molecular formula is C15H18N2O2S. The molecule has 0 bridgehead atoms. The van der Waals surface area contributed by atoms with Crippen LogP contribution >= 0.6 is 0 Å². The lowest BCUT2D eigenvalue weighted by Crippen LogP contribution is -2.40. The van der Waals surface area contributed by atoms with Gasteiger partial charge in [-0.1, -0.05) is 18.2 Å². The molecule has 0 radical (unpaired) electrons. The molecule has 1 aromatic carbocycles. The molecule has 0 unspecified atom stereocenters. The third-order valence-corrected chi connectivity index (χ3v) is 4.42. The molecule has 0 aliphatic heterocycles. The van der Waals surface area contributed by atoms with Gasteiger partial charge < -0.3 is 0 Å². The maximum atomic E-state index is 12.5. The minimum atomic E-state index is -3.57. The van der Waals surface area contributed by atoms with Gasteiger partial charge in [-0.25, -0.2) is 13.1 Å². The Balaban J connectivity index is 2.54. The summed E-state index contributed by atoms with van der Waals surface area (Å²) in [5, 5.41) is 0. The van der Waals surface area contributed by atoms with Crippen molar-refractivity contribution in [2.45, 2.75) is 31.2 Å². The van der Waals surface area contributed by atoms with Gasteiger partial charge >= 0.3 is 0 Å². The molecule has 2 rings (SSSR count). The van der Waals surface area contributed by atoms with Gasteiger partial charge in [-0.3, -0.25) is 4.98 Å². The third-order valence-electron chi connectivity index (χ3n) is 2.61. The van der Waals surface area contributed by atoms with Crippen molar-refractivity contribution in [1.29, 1.82) is 0 Å². The number of rotatable bonds is 3. The van der Waals surface area contributed by atoms with E-state index >= 15 is 0 Å². The highest BCUT2D eigenvalue weighted by Gasteiger charge is 2.24. The number of hydrogen-bond acceptors (Lipinski definition) is 3. The maximum absolute atomic E-state index is 12.5. The Hall–Kier alpha value is -1.72. The predicted molar refractivity (Wildman–Crippen MR) is 79.7 cm³/mol. The van der Waals surface area contributed by atoms with Crippen molar-refractivity contribution in [3.05, 3.63) is 48.8 Å². The second-order valence-electron chi connectivity index (χ2n) is 5.59. The molecule has 106 valence electrons. The van der Waals surface area contributed by atoms with E-state index in [1.165, 1.54) is 0 Å². The van der Waals surface area contributed by atoms with E-state index in [2.05, 4.69) is 9.71 Å². The number of sulfonamides is 1. The molecule has 0 saturated carbocycles. The molecule has 0 atom stereocenters. The Labute approximate surface area is 119 Å². The molecule has 4 nitrogen and oxygen atoms in total. The van der Waals surface area contributed by atoms with E-state index in [9.17, 15) is 8.42 Å². The molecule has 0 amide bonds. The first-order valence-corrected chi connectivity index (χ1v) is 7.81. The zero-order valence-electron chi connectivity index (χ0n) is 11.8. The molecule has 0 fully saturated rings. The fraction of sp³-hybridized carbons (Fsp3) is 0.267. The monoisotopic (exact) mass is 290 g/mol. The zero-order valence-corrected chi connectivity index (χ0v) is 12.6. The van der Waals surface area contributed by atoms with Gasteiger partial charge in [0.15, 0.2) is 0 Å². The number of nitrogens with zero attached hydrogens (tertiary/aromatic N) is 1. The van der Waals surface area contributed by atoms with Crippen molar-refractivity contribution in [2.75, 3.05) is 0 Å². The SMILES string of the molecule is CC(C)(C)NS(=O)(=O)c1ccccc1-c1ccncc1. The van der Waals surface area contributed by atoms with E-state index in [0.29, 0.717) is 5.56 Å². The van der Waals surface area contributed by atoms with E-state index in [1.54, 1.807) is 42.7 Å². The Morgan fingerprint density at radius 2 is 1.60 bits per heavy atom. The Morgan fingerprint density at radius 1 is 1.00 bits per heavy atom. The van der Waals surface area contributed by atoms with Crippen LogP contribution in [-0.2, 0) is 10.0 Å². The van der Waals surface area contributed by atoms with Crippen LogP contribution < -0.4 is 4.72 Å². The summed E-state index contributed by atoms with van der Waals surface area (Å²) in [6.45, 7) is 5.46. The fourth-order valence-corrected chi connectivity index (χ4v) is 3.58. The summed E-state index contributed by atoms with van der Waals surface area (Å²) in [6.07, 6.45) is 3.30. The summed E-state index contributed by atoms with van der Waals surface area (Å²) in [5.41, 5.74) is 0.978. The first kappa shape index (κ1) is 14.7. The fourth-order valence-electron chi connectivity index (χ4n) is 1.93. The number of hydrogen-bond donors (Lipinski definition) is 1. The van der Waals surface area contributed by atoms with Gasteiger partial charge in [0.1, 0.15) is 0 Å². The average molecular weight is 290 g/mol. The highest BCUT2D eigenvalue weighted by atomic mass is 32.2. The largest absolute Gasteiger partial charge is 0.265 e. The Morgan fingerprint density at radius 3 is 2.20 bits per heavy atom. The van der Waals surface area contributed by atoms with Crippen molar-refractivity contribution in [3.8, 4) is 11.1 Å². The summed E-state index contributed by atoms with van der Waals surface area (Å²) in [7, 11) is -3.57. The van der Waals surface area contributed by atoms with Crippen LogP contribution in [0, 0.1) is 0 Å². The highest BCUT2D eigenvalue weighted by Crippen LogP contribution is 2.27. The Kier molecular flexibility index (Phi) is 3.92. The van der Waals surface area contributed by atoms with Crippen molar-refractivity contribution in [1.82, 2.24) is 9.71 Å². The van der Waals surface area contributed by atoms with Crippen LogP contribution in [0.3, 0.4) is 0 Å². The van der Waals surface area contributed by atoms with Crippen LogP contribution in [0.2, 0.25) is 0 Å². The van der Waals surface area contributed by atoms with E-state index < -0.39 is 15.6 Å². The van der Waals surface area contributed by atoms with Gasteiger partial charge in [-0.05, 0) is 44.5 Å². The number of pyridine rings is 1. The van der Waals surface area contributed by atoms with Gasteiger partial charge in [0.25, 0.3) is 0 Å². The van der Waals surface area contributed by atoms with Gasteiger partial charge in [-0.2, -0.15) is 0 Å². The molecule has 20 heavy (non-hydrogen) atoms. The summed E-state index contributed by atoms with van der Waals surface area (Å²) in [4.78, 5) is 4.24. The second kappa shape index (κ2) is 5.34. The molecule has 0 spiro atoms. The van der Waals surface area contributed by atoms with Gasteiger partial charge in [0, 0.05) is 23.5 Å². The molecular weight excluding hydrogens is 272 g/mol. The normalized spacial score (nSPS) is 12.3. The van der Waals surface area contributed by atoms with Crippen LogP contribution in [0.15, 0.2) is 53.7 Å². The first-order valence-electron chi connectivity index (χ1n) is 6.33. The van der Waals surface area contributed by atoms with E-state index in [1.807, 2.05) is 26.8 Å². The van der Waals surface area contributed by atoms with E-state index in [0.717, 1.165) is 5.56 Å². The van der Waals surface area contributed by atoms with Crippen LogP contribution in [0.5, 0.6) is 0 Å². The molecule has 1 N–H and O–H groups in total. The summed E-state index contributed by atoms with van der Waals surface area (Å²) < 4.78 is 27.7. The summed E-state index contributed by atoms with van der Waals surface area (Å²) in [5.74, 6) is 0. The smallest absolute Gasteiger partial charge is 0.241 e. The second-order valence-corrected chi connectivity index (χ2v) is 7.24. The lowest BCUT2D eigenvalue weighted by atomic mass is 10.1. The minimum Gasteiger partial charge on any atom is -0.265 e. The summed E-state index contributed by atoms with van der Waals surface area (Å²) in [6, 6.07) is 10.6. The van der Waals surface area contributed by atoms with Crippen molar-refractivity contribution >= 4 is 10.0 Å². The molecule has 1 aromatic heterocycles. The van der Waals surface area contributed by atoms with Crippen LogP contribution in [0.25, 0.3) is 11.1 Å². The van der Waals surface area contributed by atoms with Crippen LogP contribution in [0.1, 0.15) is 20.8 Å². The summed E-state index contributed by atoms with van der Waals surface area (Å²) >= 11 is 0. The molecule has 2 aromatic rings. The first-order chi connectivity index (χ1) is 9.30.